The SMILES string of the molecule is CCCCCCCCCCCCCCCCCCCCCCCCC(=O)O[C@H](COC(=O)CCCCCCCCCCCCCCCCCCC(C)C)COP(=O)(O)OC[C@@H](O)COP(=O)(O)OC[C@@H](COC(=O)CCCCCCCCC)OC(=O)CCCCCCCCC(C)CC. The van der Waals surface area contributed by atoms with E-state index in [0.717, 1.165) is 115 Å². The van der Waals surface area contributed by atoms with Gasteiger partial charge >= 0.3 is 39.5 Å². The minimum Gasteiger partial charge on any atom is -0.462 e. The van der Waals surface area contributed by atoms with E-state index >= 15 is 0 Å². The Hall–Kier alpha value is -1.94. The zero-order valence-corrected chi connectivity index (χ0v) is 65.9. The third kappa shape index (κ3) is 71.1. The maximum Gasteiger partial charge on any atom is 0.472 e. The van der Waals surface area contributed by atoms with Gasteiger partial charge in [-0.1, -0.05) is 363 Å². The summed E-state index contributed by atoms with van der Waals surface area (Å²) in [6, 6.07) is 0. The molecule has 0 rings (SSSR count). The largest absolute Gasteiger partial charge is 0.472 e. The Kier molecular flexibility index (Phi) is 69.3. The molecule has 19 heteroatoms. The zero-order valence-electron chi connectivity index (χ0n) is 64.1. The van der Waals surface area contributed by atoms with Crippen molar-refractivity contribution in [1.82, 2.24) is 0 Å². The maximum absolute atomic E-state index is 13.1. The number of phosphoric ester groups is 2. The van der Waals surface area contributed by atoms with Crippen LogP contribution < -0.4 is 0 Å². The fraction of sp³-hybridized carbons (Fsp3) is 0.949. The molecule has 582 valence electrons. The number of carbonyl (C=O) groups excluding carboxylic acids is 4. The molecule has 0 aliphatic heterocycles. The van der Waals surface area contributed by atoms with Gasteiger partial charge in [0.15, 0.2) is 12.2 Å². The molecule has 6 atom stereocenters. The molecule has 0 fully saturated rings. The van der Waals surface area contributed by atoms with Gasteiger partial charge in [0.2, 0.25) is 0 Å². The Balaban J connectivity index is 5.14. The number of carbonyl (C=O) groups is 4. The molecule has 0 aromatic rings. The molecule has 17 nitrogen and oxygen atoms in total. The van der Waals surface area contributed by atoms with E-state index in [4.69, 9.17) is 37.0 Å². The Morgan fingerprint density at radius 1 is 0.296 bits per heavy atom. The van der Waals surface area contributed by atoms with Gasteiger partial charge in [-0.15, -0.1) is 0 Å². The number of rotatable bonds is 78. The fourth-order valence-electron chi connectivity index (χ4n) is 12.2. The van der Waals surface area contributed by atoms with Gasteiger partial charge in [0.25, 0.3) is 0 Å². The van der Waals surface area contributed by atoms with E-state index in [1.165, 1.54) is 218 Å². The molecule has 0 aliphatic carbocycles. The molecule has 0 aromatic carbocycles. The predicted octanol–water partition coefficient (Wildman–Crippen LogP) is 23.5. The van der Waals surface area contributed by atoms with Crippen LogP contribution >= 0.6 is 15.6 Å². The minimum absolute atomic E-state index is 0.103. The maximum atomic E-state index is 13.1. The molecule has 3 unspecified atom stereocenters. The number of unbranched alkanes of at least 4 members (excludes halogenated alkanes) is 47. The van der Waals surface area contributed by atoms with E-state index in [1.807, 2.05) is 0 Å². The van der Waals surface area contributed by atoms with Crippen LogP contribution in [0.3, 0.4) is 0 Å². The first-order valence-corrected chi connectivity index (χ1v) is 44.0. The van der Waals surface area contributed by atoms with Gasteiger partial charge < -0.3 is 33.8 Å². The van der Waals surface area contributed by atoms with Crippen molar-refractivity contribution < 1.29 is 80.2 Å². The topological polar surface area (TPSA) is 237 Å². The number of hydrogen-bond acceptors (Lipinski definition) is 15. The van der Waals surface area contributed by atoms with E-state index in [1.54, 1.807) is 0 Å². The van der Waals surface area contributed by atoms with Gasteiger partial charge in [-0.05, 0) is 37.5 Å². The van der Waals surface area contributed by atoms with Crippen LogP contribution in [0.4, 0.5) is 0 Å². The van der Waals surface area contributed by atoms with Crippen LogP contribution in [0.15, 0.2) is 0 Å². The van der Waals surface area contributed by atoms with E-state index < -0.39 is 97.5 Å². The highest BCUT2D eigenvalue weighted by atomic mass is 31.2. The quantitative estimate of drug-likeness (QED) is 0.0222. The lowest BCUT2D eigenvalue weighted by Gasteiger charge is -2.21. The standard InChI is InChI=1S/C79H154O17P2/c1-7-10-12-14-16-17-18-19-20-21-22-23-24-25-26-31-34-37-40-44-51-57-63-78(83)95-74(68-90-77(82)62-56-50-43-39-36-33-30-28-27-29-32-35-38-42-47-53-59-71(4)5)69-93-97(85,86)91-65-73(80)66-92-98(87,88)94-70-75(67-89-76(81)61-55-49-41-15-13-11-8-2)96-79(84)64-58-52-46-45-48-54-60-72(6)9-3/h71-75,80H,7-70H2,1-6H3,(H,85,86)(H,87,88)/t72?,73-,74-,75-/m1/s1. The Morgan fingerprint density at radius 2 is 0.520 bits per heavy atom. The molecule has 98 heavy (non-hydrogen) atoms. The lowest BCUT2D eigenvalue weighted by atomic mass is 10.00. The average Bonchev–Trinajstić information content (AvgIpc) is 1.03. The average molecular weight is 1440 g/mol. The summed E-state index contributed by atoms with van der Waals surface area (Å²) in [6.45, 7) is 9.54. The molecule has 0 bridgehead atoms. The first-order chi connectivity index (χ1) is 47.4. The van der Waals surface area contributed by atoms with Crippen LogP contribution in [0.1, 0.15) is 414 Å². The lowest BCUT2D eigenvalue weighted by Crippen LogP contribution is -2.30. The molecular formula is C79H154O17P2. The first kappa shape index (κ1) is 96.1. The van der Waals surface area contributed by atoms with Crippen LogP contribution in [0.2, 0.25) is 0 Å². The number of ether oxygens (including phenoxy) is 4. The van der Waals surface area contributed by atoms with Gasteiger partial charge in [0.1, 0.15) is 19.3 Å². The van der Waals surface area contributed by atoms with Crippen LogP contribution in [0.25, 0.3) is 0 Å². The lowest BCUT2D eigenvalue weighted by molar-refractivity contribution is -0.161. The van der Waals surface area contributed by atoms with Gasteiger partial charge in [-0.25, -0.2) is 9.13 Å². The zero-order chi connectivity index (χ0) is 72.1. The summed E-state index contributed by atoms with van der Waals surface area (Å²) in [5, 5.41) is 10.6. The van der Waals surface area contributed by atoms with Crippen molar-refractivity contribution in [3.8, 4) is 0 Å². The molecule has 0 aliphatic rings. The van der Waals surface area contributed by atoms with Crippen LogP contribution in [-0.2, 0) is 65.4 Å². The van der Waals surface area contributed by atoms with Crippen molar-refractivity contribution in [3.05, 3.63) is 0 Å². The number of phosphoric acid groups is 2. The second-order valence-electron chi connectivity index (χ2n) is 29.2. The molecule has 0 aromatic heterocycles. The second-order valence-corrected chi connectivity index (χ2v) is 32.1. The molecule has 0 amide bonds. The summed E-state index contributed by atoms with van der Waals surface area (Å²) >= 11 is 0. The molecule has 0 heterocycles. The third-order valence-electron chi connectivity index (χ3n) is 18.8. The van der Waals surface area contributed by atoms with Crippen molar-refractivity contribution in [2.45, 2.75) is 432 Å². The van der Waals surface area contributed by atoms with Crippen molar-refractivity contribution in [2.75, 3.05) is 39.6 Å². The third-order valence-corrected chi connectivity index (χ3v) is 20.7. The van der Waals surface area contributed by atoms with E-state index in [-0.39, 0.29) is 25.7 Å². The number of aliphatic hydroxyl groups is 1. The minimum atomic E-state index is -4.96. The van der Waals surface area contributed by atoms with Gasteiger partial charge in [-0.3, -0.25) is 37.3 Å². The summed E-state index contributed by atoms with van der Waals surface area (Å²) in [6.07, 6.45) is 60.2. The van der Waals surface area contributed by atoms with Crippen molar-refractivity contribution in [3.63, 3.8) is 0 Å². The summed E-state index contributed by atoms with van der Waals surface area (Å²) in [7, 11) is -9.91. The Bertz CT molecular complexity index is 1890. The number of hydrogen-bond donors (Lipinski definition) is 3. The summed E-state index contributed by atoms with van der Waals surface area (Å²) in [5.41, 5.74) is 0. The number of aliphatic hydroxyl groups excluding tert-OH is 1. The molecular weight excluding hydrogens is 1280 g/mol. The summed E-state index contributed by atoms with van der Waals surface area (Å²) in [4.78, 5) is 72.7. The highest BCUT2D eigenvalue weighted by Crippen LogP contribution is 2.45. The summed E-state index contributed by atoms with van der Waals surface area (Å²) < 4.78 is 68.4. The van der Waals surface area contributed by atoms with Crippen molar-refractivity contribution in [1.29, 1.82) is 0 Å². The Labute approximate surface area is 600 Å². The van der Waals surface area contributed by atoms with E-state index in [0.29, 0.717) is 25.7 Å². The Morgan fingerprint density at radius 3 is 0.776 bits per heavy atom. The number of esters is 4. The monoisotopic (exact) mass is 1440 g/mol. The molecule has 3 N–H and O–H groups in total. The van der Waals surface area contributed by atoms with Crippen LogP contribution in [-0.4, -0.2) is 96.7 Å². The van der Waals surface area contributed by atoms with E-state index in [2.05, 4.69) is 41.5 Å². The van der Waals surface area contributed by atoms with Crippen molar-refractivity contribution >= 4 is 39.5 Å². The predicted molar refractivity (Wildman–Crippen MR) is 400 cm³/mol. The highest BCUT2D eigenvalue weighted by Gasteiger charge is 2.30. The molecule has 0 saturated carbocycles. The highest BCUT2D eigenvalue weighted by molar-refractivity contribution is 7.47. The van der Waals surface area contributed by atoms with Crippen LogP contribution in [0.5, 0.6) is 0 Å². The van der Waals surface area contributed by atoms with Gasteiger partial charge in [0.05, 0.1) is 26.4 Å². The van der Waals surface area contributed by atoms with Crippen LogP contribution in [0, 0.1) is 11.8 Å². The second kappa shape index (κ2) is 70.7. The van der Waals surface area contributed by atoms with Gasteiger partial charge in [-0.2, -0.15) is 0 Å². The summed E-state index contributed by atoms with van der Waals surface area (Å²) in [5.74, 6) is -0.588. The molecule has 0 saturated heterocycles. The fourth-order valence-corrected chi connectivity index (χ4v) is 13.7. The van der Waals surface area contributed by atoms with Crippen molar-refractivity contribution in [2.24, 2.45) is 11.8 Å². The van der Waals surface area contributed by atoms with E-state index in [9.17, 15) is 43.2 Å². The van der Waals surface area contributed by atoms with Gasteiger partial charge in [0, 0.05) is 25.7 Å². The smallest absolute Gasteiger partial charge is 0.462 e. The first-order valence-electron chi connectivity index (χ1n) is 41.0. The normalized spacial score (nSPS) is 14.2. The molecule has 0 radical (unpaired) electrons. The molecule has 0 spiro atoms.